The molecule has 0 aromatic heterocycles. The number of benzene rings is 2. The van der Waals surface area contributed by atoms with Crippen molar-refractivity contribution in [1.82, 2.24) is 9.80 Å². The van der Waals surface area contributed by atoms with E-state index in [4.69, 9.17) is 0 Å². The Morgan fingerprint density at radius 3 is 2.28 bits per heavy atom. The molecule has 0 aliphatic heterocycles. The van der Waals surface area contributed by atoms with Gasteiger partial charge in [0.15, 0.2) is 0 Å². The van der Waals surface area contributed by atoms with Crippen LogP contribution in [0.2, 0.25) is 0 Å². The van der Waals surface area contributed by atoms with Crippen molar-refractivity contribution in [3.63, 3.8) is 0 Å². The quantitative estimate of drug-likeness (QED) is 0.724. The Kier molecular flexibility index (Phi) is 6.36. The van der Waals surface area contributed by atoms with E-state index in [1.807, 2.05) is 19.0 Å². The van der Waals surface area contributed by atoms with Crippen LogP contribution in [0.15, 0.2) is 42.5 Å². The smallest absolute Gasteiger partial charge is 0.254 e. The summed E-state index contributed by atoms with van der Waals surface area (Å²) >= 11 is 0. The molecule has 132 valence electrons. The topological polar surface area (TPSA) is 40.6 Å². The van der Waals surface area contributed by atoms with Crippen molar-refractivity contribution in [2.24, 2.45) is 0 Å². The van der Waals surface area contributed by atoms with Gasteiger partial charge < -0.3 is 9.80 Å². The number of nitrogens with zero attached hydrogens (tertiary/aromatic N) is 2. The molecule has 0 aliphatic rings. The van der Waals surface area contributed by atoms with E-state index in [9.17, 15) is 18.4 Å². The molecule has 0 radical (unpaired) electrons. The van der Waals surface area contributed by atoms with Crippen molar-refractivity contribution in [2.75, 3.05) is 27.2 Å². The van der Waals surface area contributed by atoms with Gasteiger partial charge in [0, 0.05) is 42.4 Å². The Morgan fingerprint density at radius 2 is 1.72 bits per heavy atom. The molecule has 0 unspecified atom stereocenters. The summed E-state index contributed by atoms with van der Waals surface area (Å²) in [7, 11) is 3.75. The summed E-state index contributed by atoms with van der Waals surface area (Å²) in [5.41, 5.74) is 1.13. The molecule has 4 nitrogen and oxygen atoms in total. The first-order chi connectivity index (χ1) is 11.9. The Hall–Kier alpha value is -2.60. The largest absolute Gasteiger partial charge is 0.333 e. The summed E-state index contributed by atoms with van der Waals surface area (Å²) < 4.78 is 27.0. The van der Waals surface area contributed by atoms with Gasteiger partial charge in [0.2, 0.25) is 0 Å². The minimum Gasteiger partial charge on any atom is -0.333 e. The second kappa shape index (κ2) is 8.48. The molecular formula is C19H20F2N2O2. The van der Waals surface area contributed by atoms with Crippen molar-refractivity contribution in [2.45, 2.75) is 6.54 Å². The first-order valence-electron chi connectivity index (χ1n) is 7.84. The number of amides is 1. The van der Waals surface area contributed by atoms with Gasteiger partial charge in [-0.05, 0) is 32.3 Å². The van der Waals surface area contributed by atoms with E-state index in [2.05, 4.69) is 0 Å². The second-order valence-electron chi connectivity index (χ2n) is 6.01. The summed E-state index contributed by atoms with van der Waals surface area (Å²) in [6.07, 6.45) is 0.700. The van der Waals surface area contributed by atoms with Gasteiger partial charge in [-0.25, -0.2) is 8.78 Å². The van der Waals surface area contributed by atoms with E-state index in [1.54, 1.807) is 24.3 Å². The molecule has 2 rings (SSSR count). The molecule has 0 atom stereocenters. The molecule has 2 aromatic rings. The predicted octanol–water partition coefficient (Wildman–Crippen LogP) is 2.98. The standard InChI is InChI=1S/C19H20F2N2O2/c1-22(2)9-10-23(12-16-7-8-17(20)11-18(16)21)19(25)15-5-3-14(13-24)4-6-15/h3-8,11,13H,9-10,12H2,1-2H3. The van der Waals surface area contributed by atoms with Gasteiger partial charge in [0.25, 0.3) is 5.91 Å². The number of halogens is 2. The number of rotatable bonds is 7. The van der Waals surface area contributed by atoms with Crippen molar-refractivity contribution in [3.8, 4) is 0 Å². The van der Waals surface area contributed by atoms with Crippen LogP contribution in [-0.2, 0) is 6.54 Å². The molecule has 0 saturated carbocycles. The van der Waals surface area contributed by atoms with Gasteiger partial charge in [0.05, 0.1) is 0 Å². The van der Waals surface area contributed by atoms with Crippen molar-refractivity contribution in [3.05, 3.63) is 70.8 Å². The maximum Gasteiger partial charge on any atom is 0.254 e. The number of hydrogen-bond donors (Lipinski definition) is 0. The monoisotopic (exact) mass is 346 g/mol. The Morgan fingerprint density at radius 1 is 1.04 bits per heavy atom. The summed E-state index contributed by atoms with van der Waals surface area (Å²) in [4.78, 5) is 26.9. The van der Waals surface area contributed by atoms with Gasteiger partial charge >= 0.3 is 0 Å². The number of hydrogen-bond acceptors (Lipinski definition) is 3. The third-order valence-corrected chi connectivity index (χ3v) is 3.77. The molecule has 0 heterocycles. The van der Waals surface area contributed by atoms with Crippen LogP contribution in [-0.4, -0.2) is 49.2 Å². The summed E-state index contributed by atoms with van der Waals surface area (Å²) in [5, 5.41) is 0. The molecule has 0 spiro atoms. The molecule has 0 saturated heterocycles. The lowest BCUT2D eigenvalue weighted by molar-refractivity contribution is 0.0730. The van der Waals surface area contributed by atoms with Crippen LogP contribution in [0.4, 0.5) is 8.78 Å². The zero-order valence-corrected chi connectivity index (χ0v) is 14.2. The van der Waals surface area contributed by atoms with Crippen LogP contribution in [0, 0.1) is 11.6 Å². The lowest BCUT2D eigenvalue weighted by Gasteiger charge is -2.25. The van der Waals surface area contributed by atoms with Crippen LogP contribution in [0.3, 0.4) is 0 Å². The van der Waals surface area contributed by atoms with E-state index in [0.29, 0.717) is 30.5 Å². The number of aldehydes is 1. The Balaban J connectivity index is 2.23. The highest BCUT2D eigenvalue weighted by Gasteiger charge is 2.18. The predicted molar refractivity (Wildman–Crippen MR) is 91.5 cm³/mol. The number of likely N-dealkylation sites (N-methyl/N-ethyl adjacent to an activating group) is 1. The SMILES string of the molecule is CN(C)CCN(Cc1ccc(F)cc1F)C(=O)c1ccc(C=O)cc1. The van der Waals surface area contributed by atoms with Crippen LogP contribution in [0.1, 0.15) is 26.3 Å². The molecule has 25 heavy (non-hydrogen) atoms. The van der Waals surface area contributed by atoms with E-state index in [1.165, 1.54) is 17.0 Å². The highest BCUT2D eigenvalue weighted by Crippen LogP contribution is 2.15. The fourth-order valence-corrected chi connectivity index (χ4v) is 2.32. The molecule has 2 aromatic carbocycles. The van der Waals surface area contributed by atoms with Crippen LogP contribution in [0.25, 0.3) is 0 Å². The minimum atomic E-state index is -0.682. The van der Waals surface area contributed by atoms with Crippen molar-refractivity contribution < 1.29 is 18.4 Å². The summed E-state index contributed by atoms with van der Waals surface area (Å²) in [6, 6.07) is 9.57. The van der Waals surface area contributed by atoms with Crippen molar-refractivity contribution in [1.29, 1.82) is 0 Å². The molecule has 0 fully saturated rings. The molecular weight excluding hydrogens is 326 g/mol. The first-order valence-corrected chi connectivity index (χ1v) is 7.84. The lowest BCUT2D eigenvalue weighted by Crippen LogP contribution is -2.36. The normalized spacial score (nSPS) is 10.8. The van der Waals surface area contributed by atoms with E-state index in [-0.39, 0.29) is 18.0 Å². The third kappa shape index (κ3) is 5.19. The third-order valence-electron chi connectivity index (χ3n) is 3.77. The molecule has 6 heteroatoms. The van der Waals surface area contributed by atoms with Gasteiger partial charge in [-0.2, -0.15) is 0 Å². The first kappa shape index (κ1) is 18.7. The lowest BCUT2D eigenvalue weighted by atomic mass is 10.1. The zero-order valence-electron chi connectivity index (χ0n) is 14.2. The summed E-state index contributed by atoms with van der Waals surface area (Å²) in [6.45, 7) is 1.02. The van der Waals surface area contributed by atoms with Crippen LogP contribution in [0.5, 0.6) is 0 Å². The molecule has 0 aliphatic carbocycles. The van der Waals surface area contributed by atoms with Crippen LogP contribution < -0.4 is 0 Å². The maximum absolute atomic E-state index is 13.9. The maximum atomic E-state index is 13.9. The van der Waals surface area contributed by atoms with Gasteiger partial charge in [0.1, 0.15) is 17.9 Å². The van der Waals surface area contributed by atoms with Gasteiger partial charge in [-0.1, -0.05) is 18.2 Å². The fourth-order valence-electron chi connectivity index (χ4n) is 2.32. The number of carbonyl (C=O) groups is 2. The van der Waals surface area contributed by atoms with Gasteiger partial charge in [-0.15, -0.1) is 0 Å². The van der Waals surface area contributed by atoms with Crippen molar-refractivity contribution >= 4 is 12.2 Å². The minimum absolute atomic E-state index is 0.0359. The van der Waals surface area contributed by atoms with E-state index < -0.39 is 11.6 Å². The highest BCUT2D eigenvalue weighted by atomic mass is 19.1. The molecule has 0 bridgehead atoms. The second-order valence-corrected chi connectivity index (χ2v) is 6.01. The van der Waals surface area contributed by atoms with E-state index >= 15 is 0 Å². The Bertz CT molecular complexity index is 746. The van der Waals surface area contributed by atoms with Gasteiger partial charge in [-0.3, -0.25) is 9.59 Å². The Labute approximate surface area is 145 Å². The van der Waals surface area contributed by atoms with Crippen LogP contribution >= 0.6 is 0 Å². The fraction of sp³-hybridized carbons (Fsp3) is 0.263. The molecule has 0 N–H and O–H groups in total. The number of carbonyl (C=O) groups excluding carboxylic acids is 2. The zero-order chi connectivity index (χ0) is 18.4. The highest BCUT2D eigenvalue weighted by molar-refractivity contribution is 5.94. The van der Waals surface area contributed by atoms with E-state index in [0.717, 1.165) is 6.07 Å². The average Bonchev–Trinajstić information content (AvgIpc) is 2.59. The molecule has 1 amide bonds. The average molecular weight is 346 g/mol. The summed E-state index contributed by atoms with van der Waals surface area (Å²) in [5.74, 6) is -1.61.